The molecular formula is C56H43N5S. The number of nitrogens with zero attached hydrogens (tertiary/aromatic N) is 4. The van der Waals surface area contributed by atoms with Crippen molar-refractivity contribution in [3.8, 4) is 33.5 Å². The monoisotopic (exact) mass is 817 g/mol. The Morgan fingerprint density at radius 2 is 1.31 bits per heavy atom. The lowest BCUT2D eigenvalue weighted by atomic mass is 9.96. The molecule has 4 aliphatic rings. The van der Waals surface area contributed by atoms with Crippen LogP contribution in [-0.4, -0.2) is 21.2 Å². The van der Waals surface area contributed by atoms with Gasteiger partial charge in [-0.05, 0) is 79.0 Å². The fraction of sp³-hybridized carbons (Fsp3) is 0.125. The summed E-state index contributed by atoms with van der Waals surface area (Å²) < 4.78 is 5.05. The third-order valence-electron chi connectivity index (χ3n) is 12.6. The van der Waals surface area contributed by atoms with Gasteiger partial charge < -0.3 is 9.88 Å². The molecule has 0 spiro atoms. The van der Waals surface area contributed by atoms with Gasteiger partial charge >= 0.3 is 0 Å². The van der Waals surface area contributed by atoms with Gasteiger partial charge in [-0.2, -0.15) is 0 Å². The van der Waals surface area contributed by atoms with Crippen molar-refractivity contribution >= 4 is 71.9 Å². The van der Waals surface area contributed by atoms with Crippen molar-refractivity contribution in [2.24, 2.45) is 9.98 Å². The molecule has 3 aliphatic carbocycles. The highest BCUT2D eigenvalue weighted by molar-refractivity contribution is 7.27. The first-order valence-corrected chi connectivity index (χ1v) is 22.6. The molecule has 12 rings (SSSR count). The number of hydrogen-bond acceptors (Lipinski definition) is 5. The number of pyridine rings is 1. The van der Waals surface area contributed by atoms with Crippen molar-refractivity contribution in [1.29, 1.82) is 0 Å². The van der Waals surface area contributed by atoms with Crippen LogP contribution in [0.2, 0.25) is 0 Å². The van der Waals surface area contributed by atoms with Crippen LogP contribution >= 0.6 is 11.3 Å². The number of aromatic nitrogens is 2. The highest BCUT2D eigenvalue weighted by atomic mass is 32.1. The average molecular weight is 818 g/mol. The van der Waals surface area contributed by atoms with Crippen molar-refractivity contribution < 1.29 is 0 Å². The van der Waals surface area contributed by atoms with Crippen LogP contribution in [0.4, 0.5) is 0 Å². The first-order valence-electron chi connectivity index (χ1n) is 21.8. The number of fused-ring (bicyclic) bond motifs is 7. The van der Waals surface area contributed by atoms with E-state index in [0.29, 0.717) is 5.84 Å². The predicted octanol–water partition coefficient (Wildman–Crippen LogP) is 12.7. The molecule has 5 nitrogen and oxygen atoms in total. The summed E-state index contributed by atoms with van der Waals surface area (Å²) in [6, 6.07) is 43.5. The molecule has 8 aromatic rings. The Hall–Kier alpha value is -7.15. The number of thiophene rings is 1. The van der Waals surface area contributed by atoms with Gasteiger partial charge in [0.1, 0.15) is 12.0 Å². The second-order valence-corrected chi connectivity index (χ2v) is 17.4. The lowest BCUT2D eigenvalue weighted by molar-refractivity contribution is 0.673. The fourth-order valence-corrected chi connectivity index (χ4v) is 10.9. The van der Waals surface area contributed by atoms with E-state index in [2.05, 4.69) is 180 Å². The Bertz CT molecular complexity index is 3430. The smallest absolute Gasteiger partial charge is 0.161 e. The molecule has 0 saturated carbocycles. The maximum absolute atomic E-state index is 5.44. The van der Waals surface area contributed by atoms with Crippen LogP contribution in [0.25, 0.3) is 82.4 Å². The molecular weight excluding hydrogens is 775 g/mol. The molecule has 5 aromatic carbocycles. The van der Waals surface area contributed by atoms with Crippen molar-refractivity contribution in [2.45, 2.75) is 44.7 Å². The van der Waals surface area contributed by atoms with Crippen LogP contribution in [0.15, 0.2) is 180 Å². The Kier molecular flexibility index (Phi) is 9.11. The molecule has 1 N–H and O–H groups in total. The number of allylic oxidation sites excluding steroid dienone is 6. The zero-order valence-corrected chi connectivity index (χ0v) is 35.1. The normalized spacial score (nSPS) is 17.1. The molecule has 62 heavy (non-hydrogen) atoms. The maximum Gasteiger partial charge on any atom is 0.161 e. The molecule has 6 heteroatoms. The molecule has 4 heterocycles. The van der Waals surface area contributed by atoms with Gasteiger partial charge in [-0.1, -0.05) is 152 Å². The summed E-state index contributed by atoms with van der Waals surface area (Å²) in [4.78, 5) is 16.2. The zero-order chi connectivity index (χ0) is 41.0. The average Bonchev–Trinajstić information content (AvgIpc) is 3.91. The van der Waals surface area contributed by atoms with Gasteiger partial charge in [0.2, 0.25) is 0 Å². The Morgan fingerprint density at radius 1 is 0.581 bits per heavy atom. The number of nitrogens with one attached hydrogen (secondary N) is 1. The maximum atomic E-state index is 5.44. The number of aliphatic imine (C=N–C) groups is 2. The SMILES string of the molecule is C1=CC(C2=NC(c3cc(-c4cccc(-c5ccccc5)c4)cnc3-c3cccc4c3sc3c4ccc4c5c(n(C6=CCCC=C6)c43)=CCCC=5)=NC(c3ccccc3)N2)=CCC1. The first kappa shape index (κ1) is 36.7. The van der Waals surface area contributed by atoms with Crippen LogP contribution in [-0.2, 0) is 0 Å². The minimum absolute atomic E-state index is 0.322. The summed E-state index contributed by atoms with van der Waals surface area (Å²) in [6.07, 6.45) is 26.6. The van der Waals surface area contributed by atoms with E-state index in [9.17, 15) is 0 Å². The minimum Gasteiger partial charge on any atom is -0.344 e. The lowest BCUT2D eigenvalue weighted by Gasteiger charge is -2.25. The summed E-state index contributed by atoms with van der Waals surface area (Å²) in [5, 5.41) is 10.2. The van der Waals surface area contributed by atoms with E-state index < -0.39 is 0 Å². The standard InChI is InChI=1S/C56H43N5S/c1-5-17-36(18-6-1)39-23-15-24-40(33-39)41-34-48(56-59-54(37-19-7-2-8-20-37)58-55(60-56)38-21-9-3-10-22-38)50(57-35-41)47-29-16-28-45-46-32-31-44-43-27-13-14-30-49(43)61(42-25-11-4-12-26-42)51(44)53(46)62-52(45)47/h1-2,5-9,11,15-35,54H,3-4,10,12-14H2,(H,58,59,60). The molecule has 0 saturated heterocycles. The Balaban J connectivity index is 1.10. The molecule has 3 aromatic heterocycles. The van der Waals surface area contributed by atoms with Gasteiger partial charge in [-0.15, -0.1) is 11.3 Å². The summed E-state index contributed by atoms with van der Waals surface area (Å²) in [5.41, 5.74) is 12.0. The zero-order valence-electron chi connectivity index (χ0n) is 34.3. The molecule has 1 aliphatic heterocycles. The van der Waals surface area contributed by atoms with E-state index >= 15 is 0 Å². The first-order chi connectivity index (χ1) is 30.7. The summed E-state index contributed by atoms with van der Waals surface area (Å²) in [5.74, 6) is 1.49. The molecule has 298 valence electrons. The van der Waals surface area contributed by atoms with E-state index in [1.54, 1.807) is 0 Å². The molecule has 0 radical (unpaired) electrons. The fourth-order valence-electron chi connectivity index (χ4n) is 9.58. The molecule has 0 amide bonds. The second kappa shape index (κ2) is 15.4. The number of rotatable bonds is 7. The van der Waals surface area contributed by atoms with Gasteiger partial charge in [0.25, 0.3) is 0 Å². The van der Waals surface area contributed by atoms with Crippen molar-refractivity contribution in [2.75, 3.05) is 0 Å². The van der Waals surface area contributed by atoms with Crippen LogP contribution in [0.5, 0.6) is 0 Å². The Morgan fingerprint density at radius 3 is 2.13 bits per heavy atom. The van der Waals surface area contributed by atoms with Gasteiger partial charge in [-0.25, -0.2) is 9.98 Å². The van der Waals surface area contributed by atoms with Gasteiger partial charge in [-0.3, -0.25) is 4.98 Å². The van der Waals surface area contributed by atoms with Gasteiger partial charge in [0, 0.05) is 65.6 Å². The van der Waals surface area contributed by atoms with Gasteiger partial charge in [0.15, 0.2) is 5.84 Å². The topological polar surface area (TPSA) is 54.6 Å². The third-order valence-corrected chi connectivity index (χ3v) is 13.8. The molecule has 0 bridgehead atoms. The predicted molar refractivity (Wildman–Crippen MR) is 262 cm³/mol. The summed E-state index contributed by atoms with van der Waals surface area (Å²) >= 11 is 1.88. The summed E-state index contributed by atoms with van der Waals surface area (Å²) in [7, 11) is 0. The van der Waals surface area contributed by atoms with E-state index in [1.807, 2.05) is 17.5 Å². The van der Waals surface area contributed by atoms with Crippen LogP contribution in [0.3, 0.4) is 0 Å². The van der Waals surface area contributed by atoms with E-state index in [4.69, 9.17) is 15.0 Å². The highest BCUT2D eigenvalue weighted by Gasteiger charge is 2.26. The van der Waals surface area contributed by atoms with Crippen molar-refractivity contribution in [3.63, 3.8) is 0 Å². The molecule has 0 fully saturated rings. The summed E-state index contributed by atoms with van der Waals surface area (Å²) in [6.45, 7) is 0. The highest BCUT2D eigenvalue weighted by Crippen LogP contribution is 2.44. The van der Waals surface area contributed by atoms with Crippen molar-refractivity contribution in [3.05, 3.63) is 191 Å². The van der Waals surface area contributed by atoms with Crippen LogP contribution < -0.4 is 15.9 Å². The minimum atomic E-state index is -0.322. The van der Waals surface area contributed by atoms with Crippen molar-refractivity contribution in [1.82, 2.24) is 14.9 Å². The van der Waals surface area contributed by atoms with Gasteiger partial charge in [0.05, 0.1) is 15.9 Å². The second-order valence-electron chi connectivity index (χ2n) is 16.4. The molecule has 1 atom stereocenters. The molecule has 1 unspecified atom stereocenters. The van der Waals surface area contributed by atoms with E-state index in [0.717, 1.165) is 89.0 Å². The largest absolute Gasteiger partial charge is 0.344 e. The van der Waals surface area contributed by atoms with Crippen LogP contribution in [0.1, 0.15) is 55.8 Å². The number of benzene rings is 5. The van der Waals surface area contributed by atoms with E-state index in [-0.39, 0.29) is 6.17 Å². The number of amidine groups is 2. The van der Waals surface area contributed by atoms with Crippen LogP contribution in [0, 0.1) is 0 Å². The number of hydrogen-bond donors (Lipinski definition) is 1. The lowest BCUT2D eigenvalue weighted by Crippen LogP contribution is -2.34. The third kappa shape index (κ3) is 6.33. The quantitative estimate of drug-likeness (QED) is 0.174. The Labute approximate surface area is 364 Å². The van der Waals surface area contributed by atoms with E-state index in [1.165, 1.54) is 52.9 Å².